The van der Waals surface area contributed by atoms with E-state index < -0.39 is 0 Å². The van der Waals surface area contributed by atoms with E-state index >= 15 is 0 Å². The SMILES string of the molecule is CC1CCCC(CNc2ncc(Cl)cc2N)C1. The summed E-state index contributed by atoms with van der Waals surface area (Å²) in [6.45, 7) is 3.30. The molecule has 1 aliphatic rings. The third-order valence-corrected chi connectivity index (χ3v) is 3.69. The molecule has 0 aromatic carbocycles. The summed E-state index contributed by atoms with van der Waals surface area (Å²) in [6.07, 6.45) is 6.96. The van der Waals surface area contributed by atoms with E-state index in [0.29, 0.717) is 10.7 Å². The van der Waals surface area contributed by atoms with Crippen molar-refractivity contribution < 1.29 is 0 Å². The fraction of sp³-hybridized carbons (Fsp3) is 0.615. The van der Waals surface area contributed by atoms with Crippen LogP contribution in [0.4, 0.5) is 11.5 Å². The first-order valence-electron chi connectivity index (χ1n) is 6.30. The number of nitrogen functional groups attached to an aromatic ring is 1. The number of hydrogen-bond donors (Lipinski definition) is 2. The van der Waals surface area contributed by atoms with Gasteiger partial charge in [0.1, 0.15) is 5.82 Å². The monoisotopic (exact) mass is 253 g/mol. The zero-order chi connectivity index (χ0) is 12.3. The topological polar surface area (TPSA) is 50.9 Å². The van der Waals surface area contributed by atoms with Crippen LogP contribution < -0.4 is 11.1 Å². The molecule has 2 atom stereocenters. The predicted molar refractivity (Wildman–Crippen MR) is 73.3 cm³/mol. The van der Waals surface area contributed by atoms with E-state index in [1.807, 2.05) is 0 Å². The maximum atomic E-state index is 5.85. The van der Waals surface area contributed by atoms with Crippen LogP contribution >= 0.6 is 11.6 Å². The van der Waals surface area contributed by atoms with Crippen molar-refractivity contribution >= 4 is 23.1 Å². The summed E-state index contributed by atoms with van der Waals surface area (Å²) in [6, 6.07) is 1.74. The number of nitrogens with two attached hydrogens (primary N) is 1. The second-order valence-electron chi connectivity index (χ2n) is 5.11. The van der Waals surface area contributed by atoms with Gasteiger partial charge in [0.05, 0.1) is 10.7 Å². The van der Waals surface area contributed by atoms with E-state index in [1.165, 1.54) is 25.7 Å². The Labute approximate surface area is 108 Å². The smallest absolute Gasteiger partial charge is 0.149 e. The van der Waals surface area contributed by atoms with Crippen LogP contribution in [0.3, 0.4) is 0 Å². The molecular formula is C13H20ClN3. The molecule has 0 spiro atoms. The van der Waals surface area contributed by atoms with E-state index in [1.54, 1.807) is 12.3 Å². The van der Waals surface area contributed by atoms with Gasteiger partial charge in [0.2, 0.25) is 0 Å². The van der Waals surface area contributed by atoms with Gasteiger partial charge in [0.25, 0.3) is 0 Å². The van der Waals surface area contributed by atoms with Gasteiger partial charge in [-0.05, 0) is 30.7 Å². The number of anilines is 2. The number of aromatic nitrogens is 1. The lowest BCUT2D eigenvalue weighted by Crippen LogP contribution is -2.21. The van der Waals surface area contributed by atoms with Gasteiger partial charge in [-0.15, -0.1) is 0 Å². The largest absolute Gasteiger partial charge is 0.396 e. The number of nitrogens with zero attached hydrogens (tertiary/aromatic N) is 1. The van der Waals surface area contributed by atoms with Crippen molar-refractivity contribution in [2.75, 3.05) is 17.6 Å². The maximum absolute atomic E-state index is 5.85. The van der Waals surface area contributed by atoms with Crippen LogP contribution in [0.2, 0.25) is 5.02 Å². The van der Waals surface area contributed by atoms with Gasteiger partial charge in [-0.1, -0.05) is 31.4 Å². The molecule has 3 N–H and O–H groups in total. The molecule has 0 bridgehead atoms. The van der Waals surface area contributed by atoms with Crippen LogP contribution in [-0.2, 0) is 0 Å². The molecule has 1 heterocycles. The van der Waals surface area contributed by atoms with Gasteiger partial charge in [-0.2, -0.15) is 0 Å². The maximum Gasteiger partial charge on any atom is 0.149 e. The van der Waals surface area contributed by atoms with Crippen LogP contribution in [0.25, 0.3) is 0 Å². The molecule has 1 aliphatic carbocycles. The van der Waals surface area contributed by atoms with E-state index in [4.69, 9.17) is 17.3 Å². The van der Waals surface area contributed by atoms with E-state index in [2.05, 4.69) is 17.2 Å². The highest BCUT2D eigenvalue weighted by molar-refractivity contribution is 6.30. The van der Waals surface area contributed by atoms with Crippen molar-refractivity contribution in [3.8, 4) is 0 Å². The van der Waals surface area contributed by atoms with E-state index in [0.717, 1.165) is 24.2 Å². The average Bonchev–Trinajstić information content (AvgIpc) is 2.28. The molecule has 0 saturated heterocycles. The first kappa shape index (κ1) is 12.5. The Kier molecular flexibility index (Phi) is 4.11. The fourth-order valence-electron chi connectivity index (χ4n) is 2.59. The van der Waals surface area contributed by atoms with Crippen LogP contribution in [0.15, 0.2) is 12.3 Å². The highest BCUT2D eigenvalue weighted by Crippen LogP contribution is 2.29. The number of pyridine rings is 1. The van der Waals surface area contributed by atoms with Crippen molar-refractivity contribution in [2.24, 2.45) is 11.8 Å². The molecule has 1 aromatic heterocycles. The molecule has 1 fully saturated rings. The third kappa shape index (κ3) is 3.50. The highest BCUT2D eigenvalue weighted by atomic mass is 35.5. The number of nitrogens with one attached hydrogen (secondary N) is 1. The Morgan fingerprint density at radius 1 is 1.53 bits per heavy atom. The Hall–Kier alpha value is -0.960. The minimum Gasteiger partial charge on any atom is -0.396 e. The molecule has 2 rings (SSSR count). The Bertz CT molecular complexity index is 381. The normalized spacial score (nSPS) is 24.6. The molecule has 2 unspecified atom stereocenters. The van der Waals surface area contributed by atoms with Crippen molar-refractivity contribution in [3.05, 3.63) is 17.3 Å². The van der Waals surface area contributed by atoms with E-state index in [9.17, 15) is 0 Å². The summed E-state index contributed by atoms with van der Waals surface area (Å²) in [5, 5.41) is 3.92. The second kappa shape index (κ2) is 5.58. The minimum atomic E-state index is 0.583. The van der Waals surface area contributed by atoms with Crippen LogP contribution in [0.1, 0.15) is 32.6 Å². The summed E-state index contributed by atoms with van der Waals surface area (Å²) in [5.41, 5.74) is 6.48. The molecule has 1 saturated carbocycles. The Morgan fingerprint density at radius 3 is 3.06 bits per heavy atom. The Balaban J connectivity index is 1.88. The first-order valence-corrected chi connectivity index (χ1v) is 6.68. The van der Waals surface area contributed by atoms with Crippen molar-refractivity contribution in [3.63, 3.8) is 0 Å². The lowest BCUT2D eigenvalue weighted by Gasteiger charge is -2.27. The number of rotatable bonds is 3. The fourth-order valence-corrected chi connectivity index (χ4v) is 2.76. The van der Waals surface area contributed by atoms with Gasteiger partial charge in [0.15, 0.2) is 0 Å². The number of hydrogen-bond acceptors (Lipinski definition) is 3. The average molecular weight is 254 g/mol. The standard InChI is InChI=1S/C13H20ClN3/c1-9-3-2-4-10(5-9)7-16-13-12(15)6-11(14)8-17-13/h6,8-10H,2-5,7,15H2,1H3,(H,16,17). The zero-order valence-electron chi connectivity index (χ0n) is 10.2. The molecule has 17 heavy (non-hydrogen) atoms. The van der Waals surface area contributed by atoms with Crippen molar-refractivity contribution in [1.82, 2.24) is 4.98 Å². The molecule has 3 nitrogen and oxygen atoms in total. The quantitative estimate of drug-likeness (QED) is 0.866. The van der Waals surface area contributed by atoms with Crippen LogP contribution in [-0.4, -0.2) is 11.5 Å². The molecular weight excluding hydrogens is 234 g/mol. The van der Waals surface area contributed by atoms with Gasteiger partial charge < -0.3 is 11.1 Å². The van der Waals surface area contributed by atoms with E-state index in [-0.39, 0.29) is 0 Å². The highest BCUT2D eigenvalue weighted by Gasteiger charge is 2.18. The summed E-state index contributed by atoms with van der Waals surface area (Å²) in [4.78, 5) is 4.21. The predicted octanol–water partition coefficient (Wildman–Crippen LogP) is 3.56. The molecule has 4 heteroatoms. The lowest BCUT2D eigenvalue weighted by molar-refractivity contribution is 0.293. The second-order valence-corrected chi connectivity index (χ2v) is 5.55. The van der Waals surface area contributed by atoms with Crippen molar-refractivity contribution in [2.45, 2.75) is 32.6 Å². The number of halogens is 1. The summed E-state index contributed by atoms with van der Waals surface area (Å²) in [5.74, 6) is 2.36. The molecule has 0 radical (unpaired) electrons. The Morgan fingerprint density at radius 2 is 2.35 bits per heavy atom. The van der Waals surface area contributed by atoms with Crippen molar-refractivity contribution in [1.29, 1.82) is 0 Å². The zero-order valence-corrected chi connectivity index (χ0v) is 11.0. The molecule has 0 amide bonds. The van der Waals surface area contributed by atoms with Gasteiger partial charge in [-0.3, -0.25) is 0 Å². The van der Waals surface area contributed by atoms with Crippen LogP contribution in [0.5, 0.6) is 0 Å². The van der Waals surface area contributed by atoms with Gasteiger partial charge in [-0.25, -0.2) is 4.98 Å². The summed E-state index contributed by atoms with van der Waals surface area (Å²) >= 11 is 5.81. The molecule has 1 aromatic rings. The van der Waals surface area contributed by atoms with Crippen LogP contribution in [0, 0.1) is 11.8 Å². The third-order valence-electron chi connectivity index (χ3n) is 3.49. The summed E-state index contributed by atoms with van der Waals surface area (Å²) < 4.78 is 0. The molecule has 0 aliphatic heterocycles. The molecule has 94 valence electrons. The van der Waals surface area contributed by atoms with Gasteiger partial charge >= 0.3 is 0 Å². The minimum absolute atomic E-state index is 0.583. The first-order chi connectivity index (χ1) is 8.15. The summed E-state index contributed by atoms with van der Waals surface area (Å²) in [7, 11) is 0. The lowest BCUT2D eigenvalue weighted by atomic mass is 9.82. The van der Waals surface area contributed by atoms with Gasteiger partial charge in [0, 0.05) is 12.7 Å².